The molecule has 1 aliphatic heterocycles. The Hall–Kier alpha value is -3.18. The molecule has 10 heteroatoms. The fourth-order valence-corrected chi connectivity index (χ4v) is 6.31. The van der Waals surface area contributed by atoms with E-state index in [0.717, 1.165) is 32.2 Å². The summed E-state index contributed by atoms with van der Waals surface area (Å²) in [7, 11) is 0. The number of ether oxygens (including phenoxy) is 2. The number of hydrogen-bond acceptors (Lipinski definition) is 10. The van der Waals surface area contributed by atoms with E-state index in [1.807, 2.05) is 57.2 Å². The molecule has 3 aromatic heterocycles. The third-order valence-electron chi connectivity index (χ3n) is 6.89. The summed E-state index contributed by atoms with van der Waals surface area (Å²) >= 11 is 1.62. The maximum Gasteiger partial charge on any atom is 0.225 e. The fourth-order valence-electron chi connectivity index (χ4n) is 5.25. The van der Waals surface area contributed by atoms with Crippen molar-refractivity contribution in [2.24, 2.45) is 5.92 Å². The minimum Gasteiger partial charge on any atom is -0.396 e. The van der Waals surface area contributed by atoms with E-state index in [1.165, 1.54) is 0 Å². The summed E-state index contributed by atoms with van der Waals surface area (Å²) in [5.74, 6) is 0.480. The second kappa shape index (κ2) is 9.60. The summed E-state index contributed by atoms with van der Waals surface area (Å²) < 4.78 is 13.5. The molecule has 4 heterocycles. The van der Waals surface area contributed by atoms with Crippen LogP contribution in [-0.4, -0.2) is 55.7 Å². The van der Waals surface area contributed by atoms with Gasteiger partial charge in [0.1, 0.15) is 16.9 Å². The lowest BCUT2D eigenvalue weighted by Gasteiger charge is -2.25. The molecule has 1 aromatic carbocycles. The molecular formula is C27H30N6O3S. The standard InChI is InChI=1S/C27H30N6O3S/c1-15-21(25-32-18-9-4-5-10-20(18)37-25)24(33-26(30-15)29-13-17-8-6-7-11-28-17)31-19-12-16(14-34)22-23(19)36-27(2,3)35-22/h4-11,16,19,22-23,34H,12-14H2,1-3H3,(H2,29,30,31,33)/t16-,19-,22-,23+/m1/s1. The first kappa shape index (κ1) is 24.2. The monoisotopic (exact) mass is 518 g/mol. The van der Waals surface area contributed by atoms with Crippen molar-refractivity contribution in [3.8, 4) is 10.6 Å². The van der Waals surface area contributed by atoms with E-state index in [9.17, 15) is 5.11 Å². The lowest BCUT2D eigenvalue weighted by atomic mass is 10.1. The molecule has 6 rings (SSSR count). The van der Waals surface area contributed by atoms with Gasteiger partial charge < -0.3 is 25.2 Å². The van der Waals surface area contributed by atoms with Crippen LogP contribution in [0.2, 0.25) is 0 Å². The second-order valence-corrected chi connectivity index (χ2v) is 11.0. The van der Waals surface area contributed by atoms with E-state index in [4.69, 9.17) is 24.4 Å². The van der Waals surface area contributed by atoms with Crippen molar-refractivity contribution in [2.75, 3.05) is 17.2 Å². The third kappa shape index (κ3) is 4.77. The Morgan fingerprint density at radius 2 is 1.86 bits per heavy atom. The van der Waals surface area contributed by atoms with Gasteiger partial charge in [0, 0.05) is 18.7 Å². The van der Waals surface area contributed by atoms with E-state index in [1.54, 1.807) is 17.5 Å². The van der Waals surface area contributed by atoms with Crippen molar-refractivity contribution in [3.05, 3.63) is 60.0 Å². The molecule has 2 aliphatic rings. The maximum absolute atomic E-state index is 10.0. The van der Waals surface area contributed by atoms with E-state index < -0.39 is 5.79 Å². The van der Waals surface area contributed by atoms with E-state index in [2.05, 4.69) is 21.7 Å². The number of nitrogens with zero attached hydrogens (tertiary/aromatic N) is 4. The molecule has 2 fully saturated rings. The smallest absolute Gasteiger partial charge is 0.225 e. The number of aryl methyl sites for hydroxylation is 1. The molecule has 1 saturated carbocycles. The highest BCUT2D eigenvalue weighted by atomic mass is 32.1. The van der Waals surface area contributed by atoms with E-state index in [0.29, 0.717) is 24.7 Å². The fraction of sp³-hybridized carbons (Fsp3) is 0.407. The van der Waals surface area contributed by atoms with Gasteiger partial charge in [-0.2, -0.15) is 4.98 Å². The van der Waals surface area contributed by atoms with E-state index >= 15 is 0 Å². The number of benzene rings is 1. The number of aromatic nitrogens is 4. The Kier molecular flexibility index (Phi) is 6.28. The van der Waals surface area contributed by atoms with Crippen molar-refractivity contribution in [2.45, 2.75) is 57.8 Å². The van der Waals surface area contributed by atoms with Crippen LogP contribution in [0.4, 0.5) is 11.8 Å². The second-order valence-electron chi connectivity index (χ2n) is 10.0. The number of pyridine rings is 1. The number of fused-ring (bicyclic) bond motifs is 2. The number of para-hydroxylation sites is 1. The Morgan fingerprint density at radius 3 is 2.65 bits per heavy atom. The lowest BCUT2D eigenvalue weighted by Crippen LogP contribution is -2.35. The molecule has 1 aliphatic carbocycles. The Bertz CT molecular complexity index is 1380. The molecule has 9 nitrogen and oxygen atoms in total. The van der Waals surface area contributed by atoms with Crippen LogP contribution in [0, 0.1) is 12.8 Å². The summed E-state index contributed by atoms with van der Waals surface area (Å²) in [6, 6.07) is 13.8. The molecule has 1 saturated heterocycles. The predicted molar refractivity (Wildman–Crippen MR) is 143 cm³/mol. The summed E-state index contributed by atoms with van der Waals surface area (Å²) in [6.45, 7) is 6.36. The van der Waals surface area contributed by atoms with Crippen molar-refractivity contribution in [1.29, 1.82) is 0 Å². The average molecular weight is 519 g/mol. The lowest BCUT2D eigenvalue weighted by molar-refractivity contribution is -0.158. The number of anilines is 2. The normalized spacial score (nSPS) is 24.3. The molecule has 0 unspecified atom stereocenters. The van der Waals surface area contributed by atoms with Gasteiger partial charge in [0.05, 0.1) is 45.9 Å². The highest BCUT2D eigenvalue weighted by Gasteiger charge is 2.54. The number of thiazole rings is 1. The summed E-state index contributed by atoms with van der Waals surface area (Å²) in [5, 5.41) is 17.9. The van der Waals surface area contributed by atoms with Crippen molar-refractivity contribution >= 4 is 33.3 Å². The zero-order valence-corrected chi connectivity index (χ0v) is 21.8. The Balaban J connectivity index is 1.37. The number of hydrogen-bond donors (Lipinski definition) is 3. The molecular weight excluding hydrogens is 488 g/mol. The van der Waals surface area contributed by atoms with Crippen LogP contribution in [0.15, 0.2) is 48.7 Å². The quantitative estimate of drug-likeness (QED) is 0.328. The van der Waals surface area contributed by atoms with Gasteiger partial charge in [0.2, 0.25) is 5.95 Å². The van der Waals surface area contributed by atoms with Crippen molar-refractivity contribution in [1.82, 2.24) is 19.9 Å². The highest BCUT2D eigenvalue weighted by Crippen LogP contribution is 2.44. The van der Waals surface area contributed by atoms with Crippen LogP contribution >= 0.6 is 11.3 Å². The first-order chi connectivity index (χ1) is 17.9. The van der Waals surface area contributed by atoms with Gasteiger partial charge in [0.15, 0.2) is 5.79 Å². The summed E-state index contributed by atoms with van der Waals surface area (Å²) in [5.41, 5.74) is 3.53. The molecule has 0 amide bonds. The number of nitrogens with one attached hydrogen (secondary N) is 2. The molecule has 37 heavy (non-hydrogen) atoms. The van der Waals surface area contributed by atoms with Crippen LogP contribution in [0.25, 0.3) is 20.8 Å². The van der Waals surface area contributed by atoms with Gasteiger partial charge in [-0.3, -0.25) is 4.98 Å². The molecule has 3 N–H and O–H groups in total. The summed E-state index contributed by atoms with van der Waals surface area (Å²) in [4.78, 5) is 19.0. The van der Waals surface area contributed by atoms with Crippen LogP contribution in [0.3, 0.4) is 0 Å². The molecule has 0 spiro atoms. The first-order valence-electron chi connectivity index (χ1n) is 12.5. The van der Waals surface area contributed by atoms with Crippen LogP contribution in [0.1, 0.15) is 31.7 Å². The zero-order chi connectivity index (χ0) is 25.6. The molecule has 4 atom stereocenters. The number of rotatable bonds is 7. The van der Waals surface area contributed by atoms with Crippen molar-refractivity contribution in [3.63, 3.8) is 0 Å². The highest BCUT2D eigenvalue weighted by molar-refractivity contribution is 7.21. The molecule has 0 radical (unpaired) electrons. The largest absolute Gasteiger partial charge is 0.396 e. The maximum atomic E-state index is 10.0. The SMILES string of the molecule is Cc1nc(NCc2ccccn2)nc(N[C@@H]2C[C@H](CO)[C@H]3OC(C)(C)O[C@H]32)c1-c1nc2ccccc2s1. The Morgan fingerprint density at radius 1 is 1.05 bits per heavy atom. The summed E-state index contributed by atoms with van der Waals surface area (Å²) in [6.07, 6.45) is 2.11. The van der Waals surface area contributed by atoms with Gasteiger partial charge >= 0.3 is 0 Å². The van der Waals surface area contributed by atoms with Gasteiger partial charge in [0.25, 0.3) is 0 Å². The van der Waals surface area contributed by atoms with Crippen LogP contribution in [0.5, 0.6) is 0 Å². The van der Waals surface area contributed by atoms with E-state index in [-0.39, 0.29) is 30.8 Å². The Labute approximate surface area is 219 Å². The predicted octanol–water partition coefficient (Wildman–Crippen LogP) is 4.38. The van der Waals surface area contributed by atoms with Gasteiger partial charge in [-0.25, -0.2) is 9.97 Å². The minimum atomic E-state index is -0.698. The third-order valence-corrected chi connectivity index (χ3v) is 7.94. The van der Waals surface area contributed by atoms with Gasteiger partial charge in [-0.05, 0) is 51.5 Å². The molecule has 4 aromatic rings. The van der Waals surface area contributed by atoms with Crippen LogP contribution < -0.4 is 10.6 Å². The van der Waals surface area contributed by atoms with Gasteiger partial charge in [-0.15, -0.1) is 11.3 Å². The van der Waals surface area contributed by atoms with Crippen LogP contribution in [-0.2, 0) is 16.0 Å². The number of aliphatic hydroxyl groups excluding tert-OH is 1. The number of aliphatic hydroxyl groups is 1. The topological polar surface area (TPSA) is 114 Å². The molecule has 192 valence electrons. The van der Waals surface area contributed by atoms with Gasteiger partial charge in [-0.1, -0.05) is 18.2 Å². The first-order valence-corrected chi connectivity index (χ1v) is 13.3. The average Bonchev–Trinajstić information content (AvgIpc) is 3.54. The van der Waals surface area contributed by atoms with Crippen molar-refractivity contribution < 1.29 is 14.6 Å². The molecule has 0 bridgehead atoms. The zero-order valence-electron chi connectivity index (χ0n) is 21.0. The minimum absolute atomic E-state index is 0.0140.